The van der Waals surface area contributed by atoms with Gasteiger partial charge in [0, 0.05) is 0 Å². The average molecular weight is 259 g/mol. The summed E-state index contributed by atoms with van der Waals surface area (Å²) in [6, 6.07) is 5.88. The summed E-state index contributed by atoms with van der Waals surface area (Å²) >= 11 is 6.11. The first-order valence-electron chi connectivity index (χ1n) is 5.96. The number of halogens is 1. The van der Waals surface area contributed by atoms with E-state index in [0.29, 0.717) is 5.56 Å². The Labute approximate surface area is 110 Å². The third kappa shape index (κ3) is 1.70. The highest BCUT2D eigenvalue weighted by Crippen LogP contribution is 2.35. The molecule has 0 N–H and O–H groups in total. The molecule has 0 bridgehead atoms. The summed E-state index contributed by atoms with van der Waals surface area (Å²) in [5.74, 6) is 0.722. The number of hydrogen-bond donors (Lipinski definition) is 0. The van der Waals surface area contributed by atoms with Crippen molar-refractivity contribution < 1.29 is 4.42 Å². The average Bonchev–Trinajstić information content (AvgIpc) is 2.91. The van der Waals surface area contributed by atoms with Gasteiger partial charge in [-0.25, -0.2) is 4.98 Å². The first kappa shape index (κ1) is 11.3. The first-order chi connectivity index (χ1) is 8.81. The normalized spacial score (nSPS) is 14.0. The van der Waals surface area contributed by atoms with Gasteiger partial charge in [-0.2, -0.15) is 5.26 Å². The molecular weight excluding hydrogens is 248 g/mol. The molecule has 0 saturated heterocycles. The van der Waals surface area contributed by atoms with E-state index in [1.54, 1.807) is 6.26 Å². The summed E-state index contributed by atoms with van der Waals surface area (Å²) in [7, 11) is 0. The van der Waals surface area contributed by atoms with Crippen LogP contribution >= 0.6 is 11.6 Å². The number of fused-ring (bicyclic) bond motifs is 1. The molecular formula is C14H11ClN2O. The van der Waals surface area contributed by atoms with Crippen LogP contribution < -0.4 is 0 Å². The summed E-state index contributed by atoms with van der Waals surface area (Å²) in [4.78, 5) is 4.35. The van der Waals surface area contributed by atoms with Crippen LogP contribution in [0.15, 0.2) is 22.8 Å². The Morgan fingerprint density at radius 1 is 1.28 bits per heavy atom. The molecule has 0 aromatic carbocycles. The number of nitrogens with zero attached hydrogens (tertiary/aromatic N) is 2. The van der Waals surface area contributed by atoms with Gasteiger partial charge in [-0.1, -0.05) is 11.6 Å². The first-order valence-corrected chi connectivity index (χ1v) is 6.34. The van der Waals surface area contributed by atoms with Crippen LogP contribution in [-0.2, 0) is 12.8 Å². The number of nitriles is 1. The van der Waals surface area contributed by atoms with Gasteiger partial charge in [-0.3, -0.25) is 0 Å². The van der Waals surface area contributed by atoms with E-state index in [0.717, 1.165) is 48.3 Å². The van der Waals surface area contributed by atoms with Crippen LogP contribution in [0.5, 0.6) is 0 Å². The second-order valence-corrected chi connectivity index (χ2v) is 4.74. The maximum Gasteiger partial charge on any atom is 0.152 e. The van der Waals surface area contributed by atoms with Gasteiger partial charge in [0.15, 0.2) is 5.76 Å². The Hall–Kier alpha value is -1.79. The van der Waals surface area contributed by atoms with E-state index in [-0.39, 0.29) is 5.15 Å². The summed E-state index contributed by atoms with van der Waals surface area (Å²) in [6.45, 7) is 0. The van der Waals surface area contributed by atoms with Crippen LogP contribution in [0.25, 0.3) is 11.5 Å². The maximum atomic E-state index is 9.20. The molecule has 2 aromatic heterocycles. The van der Waals surface area contributed by atoms with Gasteiger partial charge >= 0.3 is 0 Å². The fourth-order valence-electron chi connectivity index (χ4n) is 2.52. The second-order valence-electron chi connectivity index (χ2n) is 4.38. The molecule has 0 amide bonds. The van der Waals surface area contributed by atoms with E-state index in [1.807, 2.05) is 12.1 Å². The molecule has 3 rings (SSSR count). The fraction of sp³-hybridized carbons (Fsp3) is 0.286. The van der Waals surface area contributed by atoms with Crippen molar-refractivity contribution in [2.24, 2.45) is 0 Å². The number of hydrogen-bond acceptors (Lipinski definition) is 3. The van der Waals surface area contributed by atoms with Gasteiger partial charge in [0.1, 0.15) is 16.9 Å². The van der Waals surface area contributed by atoms with Gasteiger partial charge in [0.2, 0.25) is 0 Å². The lowest BCUT2D eigenvalue weighted by molar-refractivity contribution is 0.576. The molecule has 0 spiro atoms. The monoisotopic (exact) mass is 258 g/mol. The van der Waals surface area contributed by atoms with Crippen molar-refractivity contribution in [1.29, 1.82) is 5.26 Å². The van der Waals surface area contributed by atoms with Gasteiger partial charge in [-0.15, -0.1) is 0 Å². The van der Waals surface area contributed by atoms with Crippen molar-refractivity contribution in [1.82, 2.24) is 4.98 Å². The van der Waals surface area contributed by atoms with E-state index in [4.69, 9.17) is 16.0 Å². The molecule has 4 heteroatoms. The van der Waals surface area contributed by atoms with Crippen molar-refractivity contribution >= 4 is 11.6 Å². The molecule has 18 heavy (non-hydrogen) atoms. The minimum absolute atomic E-state index is 0.282. The summed E-state index contributed by atoms with van der Waals surface area (Å²) < 4.78 is 5.41. The van der Waals surface area contributed by atoms with E-state index >= 15 is 0 Å². The zero-order valence-electron chi connectivity index (χ0n) is 9.74. The molecule has 2 aromatic rings. The molecule has 0 unspecified atom stereocenters. The van der Waals surface area contributed by atoms with E-state index in [9.17, 15) is 5.26 Å². The SMILES string of the molecule is N#Cc1c(Cl)nc(-c2ccco2)c2c1CCCC2. The zero-order chi connectivity index (χ0) is 12.5. The van der Waals surface area contributed by atoms with Crippen LogP contribution in [0.1, 0.15) is 29.5 Å². The standard InChI is InChI=1S/C14H11ClN2O/c15-14-11(8-16)9-4-1-2-5-10(9)13(17-14)12-6-3-7-18-12/h3,6-7H,1-2,4-5H2. The number of rotatable bonds is 1. The molecule has 0 aliphatic heterocycles. The van der Waals surface area contributed by atoms with Crippen molar-refractivity contribution in [3.8, 4) is 17.5 Å². The largest absolute Gasteiger partial charge is 0.463 e. The van der Waals surface area contributed by atoms with Gasteiger partial charge in [0.05, 0.1) is 11.8 Å². The summed E-state index contributed by atoms with van der Waals surface area (Å²) in [5.41, 5.74) is 3.49. The zero-order valence-corrected chi connectivity index (χ0v) is 10.5. The molecule has 0 saturated carbocycles. The summed E-state index contributed by atoms with van der Waals surface area (Å²) in [6.07, 6.45) is 5.67. The quantitative estimate of drug-likeness (QED) is 0.732. The molecule has 1 aliphatic rings. The predicted octanol–water partition coefficient (Wildman–Crippen LogP) is 3.75. The van der Waals surface area contributed by atoms with Crippen molar-refractivity contribution in [3.05, 3.63) is 40.2 Å². The molecule has 3 nitrogen and oxygen atoms in total. The number of furan rings is 1. The van der Waals surface area contributed by atoms with Crippen molar-refractivity contribution in [2.75, 3.05) is 0 Å². The molecule has 0 atom stereocenters. The van der Waals surface area contributed by atoms with Crippen molar-refractivity contribution in [2.45, 2.75) is 25.7 Å². The van der Waals surface area contributed by atoms with Crippen LogP contribution in [0.2, 0.25) is 5.15 Å². The Bertz CT molecular complexity index is 626. The second kappa shape index (κ2) is 4.47. The highest BCUT2D eigenvalue weighted by atomic mass is 35.5. The van der Waals surface area contributed by atoms with Gasteiger partial charge < -0.3 is 4.42 Å². The van der Waals surface area contributed by atoms with E-state index < -0.39 is 0 Å². The molecule has 0 fully saturated rings. The summed E-state index contributed by atoms with van der Waals surface area (Å²) in [5, 5.41) is 9.48. The van der Waals surface area contributed by atoms with Gasteiger partial charge in [-0.05, 0) is 48.9 Å². The van der Waals surface area contributed by atoms with Crippen molar-refractivity contribution in [3.63, 3.8) is 0 Å². The van der Waals surface area contributed by atoms with Crippen LogP contribution in [-0.4, -0.2) is 4.98 Å². The Kier molecular flexibility index (Phi) is 2.81. The van der Waals surface area contributed by atoms with Crippen LogP contribution in [0.4, 0.5) is 0 Å². The lowest BCUT2D eigenvalue weighted by atomic mass is 9.87. The maximum absolute atomic E-state index is 9.20. The third-order valence-corrected chi connectivity index (χ3v) is 3.61. The van der Waals surface area contributed by atoms with Crippen LogP contribution in [0, 0.1) is 11.3 Å². The smallest absolute Gasteiger partial charge is 0.152 e. The Balaban J connectivity index is 2.28. The topological polar surface area (TPSA) is 49.8 Å². The minimum Gasteiger partial charge on any atom is -0.463 e. The lowest BCUT2D eigenvalue weighted by Gasteiger charge is -2.19. The molecule has 0 radical (unpaired) electrons. The highest BCUT2D eigenvalue weighted by molar-refractivity contribution is 6.30. The number of aromatic nitrogens is 1. The van der Waals surface area contributed by atoms with E-state index in [2.05, 4.69) is 11.1 Å². The predicted molar refractivity (Wildman–Crippen MR) is 68.3 cm³/mol. The van der Waals surface area contributed by atoms with Gasteiger partial charge in [0.25, 0.3) is 0 Å². The lowest BCUT2D eigenvalue weighted by Crippen LogP contribution is -2.09. The minimum atomic E-state index is 0.282. The number of pyridine rings is 1. The molecule has 90 valence electrons. The highest BCUT2D eigenvalue weighted by Gasteiger charge is 2.23. The molecule has 2 heterocycles. The van der Waals surface area contributed by atoms with E-state index in [1.165, 1.54) is 0 Å². The third-order valence-electron chi connectivity index (χ3n) is 3.34. The molecule has 1 aliphatic carbocycles. The fourth-order valence-corrected chi connectivity index (χ4v) is 2.76. The Morgan fingerprint density at radius 3 is 2.72 bits per heavy atom. The Morgan fingerprint density at radius 2 is 2.06 bits per heavy atom. The van der Waals surface area contributed by atoms with Crippen LogP contribution in [0.3, 0.4) is 0 Å².